The molecule has 2 aromatic heterocycles. The second kappa shape index (κ2) is 5.95. The predicted octanol–water partition coefficient (Wildman–Crippen LogP) is 2.60. The quantitative estimate of drug-likeness (QED) is 0.940. The number of pyridine rings is 1. The first kappa shape index (κ1) is 14.1. The summed E-state index contributed by atoms with van der Waals surface area (Å²) in [4.78, 5) is 27.4. The van der Waals surface area contributed by atoms with E-state index < -0.39 is 0 Å². The van der Waals surface area contributed by atoms with Crippen LogP contribution in [-0.2, 0) is 0 Å². The fraction of sp³-hybridized carbons (Fsp3) is 0.412. The van der Waals surface area contributed by atoms with Gasteiger partial charge < -0.3 is 10.2 Å². The van der Waals surface area contributed by atoms with Crippen LogP contribution in [0.1, 0.15) is 47.7 Å². The van der Waals surface area contributed by atoms with Crippen molar-refractivity contribution in [1.82, 2.24) is 15.0 Å². The number of nitrogens with zero attached hydrogens (tertiary/aromatic N) is 4. The number of hydrogen-bond donors (Lipinski definition) is 1. The standard InChI is InChI=1S/C17H19N5O/c23-17(21-15-6-5-13(9-19-15)12-3-4-12)14-10-18-11-16(20-14)22-7-1-2-8-22/h5-6,9-12H,1-4,7-8H2,(H,19,21,23). The highest BCUT2D eigenvalue weighted by Gasteiger charge is 2.23. The Balaban J connectivity index is 1.46. The van der Waals surface area contributed by atoms with Crippen molar-refractivity contribution >= 4 is 17.5 Å². The summed E-state index contributed by atoms with van der Waals surface area (Å²) in [6.45, 7) is 1.95. The molecule has 4 rings (SSSR count). The highest BCUT2D eigenvalue weighted by Crippen LogP contribution is 2.39. The Kier molecular flexibility index (Phi) is 3.65. The molecule has 1 aliphatic heterocycles. The average molecular weight is 309 g/mol. The zero-order valence-electron chi connectivity index (χ0n) is 12.9. The van der Waals surface area contributed by atoms with Gasteiger partial charge in [-0.05, 0) is 43.2 Å². The van der Waals surface area contributed by atoms with E-state index in [0.717, 1.165) is 31.7 Å². The predicted molar refractivity (Wildman–Crippen MR) is 87.6 cm³/mol. The van der Waals surface area contributed by atoms with Gasteiger partial charge in [-0.25, -0.2) is 9.97 Å². The molecular weight excluding hydrogens is 290 g/mol. The van der Waals surface area contributed by atoms with Crippen molar-refractivity contribution in [2.45, 2.75) is 31.6 Å². The van der Waals surface area contributed by atoms with Gasteiger partial charge in [-0.1, -0.05) is 6.07 Å². The molecule has 3 heterocycles. The molecule has 1 saturated heterocycles. The van der Waals surface area contributed by atoms with Crippen LogP contribution in [0.4, 0.5) is 11.6 Å². The van der Waals surface area contributed by atoms with Crippen molar-refractivity contribution in [3.8, 4) is 0 Å². The summed E-state index contributed by atoms with van der Waals surface area (Å²) in [6.07, 6.45) is 9.86. The molecule has 1 amide bonds. The van der Waals surface area contributed by atoms with E-state index in [1.54, 1.807) is 6.20 Å². The largest absolute Gasteiger partial charge is 0.355 e. The summed E-state index contributed by atoms with van der Waals surface area (Å²) in [6, 6.07) is 3.88. The minimum Gasteiger partial charge on any atom is -0.355 e. The van der Waals surface area contributed by atoms with Crippen molar-refractivity contribution in [2.75, 3.05) is 23.3 Å². The fourth-order valence-corrected chi connectivity index (χ4v) is 2.88. The Morgan fingerprint density at radius 1 is 1.13 bits per heavy atom. The number of carbonyl (C=O) groups excluding carboxylic acids is 1. The molecule has 0 unspecified atom stereocenters. The maximum atomic E-state index is 12.3. The summed E-state index contributed by atoms with van der Waals surface area (Å²) in [5.74, 6) is 1.71. The Morgan fingerprint density at radius 3 is 2.65 bits per heavy atom. The Bertz CT molecular complexity index is 705. The molecule has 0 bridgehead atoms. The van der Waals surface area contributed by atoms with Gasteiger partial charge in [0.15, 0.2) is 0 Å². The number of carbonyl (C=O) groups is 1. The normalized spacial score (nSPS) is 17.3. The van der Waals surface area contributed by atoms with Crippen molar-refractivity contribution in [1.29, 1.82) is 0 Å². The zero-order valence-corrected chi connectivity index (χ0v) is 12.9. The topological polar surface area (TPSA) is 71.0 Å². The van der Waals surface area contributed by atoms with Gasteiger partial charge in [-0.2, -0.15) is 0 Å². The van der Waals surface area contributed by atoms with E-state index in [4.69, 9.17) is 0 Å². The highest BCUT2D eigenvalue weighted by atomic mass is 16.1. The molecule has 2 aliphatic rings. The zero-order chi connectivity index (χ0) is 15.6. The van der Waals surface area contributed by atoms with Crippen LogP contribution in [-0.4, -0.2) is 33.9 Å². The molecule has 1 N–H and O–H groups in total. The summed E-state index contributed by atoms with van der Waals surface area (Å²) in [5, 5.41) is 2.79. The molecule has 1 aliphatic carbocycles. The molecule has 1 saturated carbocycles. The van der Waals surface area contributed by atoms with Crippen LogP contribution < -0.4 is 10.2 Å². The fourth-order valence-electron chi connectivity index (χ4n) is 2.88. The molecule has 23 heavy (non-hydrogen) atoms. The monoisotopic (exact) mass is 309 g/mol. The molecule has 0 radical (unpaired) electrons. The maximum Gasteiger partial charge on any atom is 0.277 e. The molecule has 0 aromatic carbocycles. The van der Waals surface area contributed by atoms with E-state index in [-0.39, 0.29) is 5.91 Å². The number of rotatable bonds is 4. The van der Waals surface area contributed by atoms with Crippen LogP contribution in [0.25, 0.3) is 0 Å². The van der Waals surface area contributed by atoms with E-state index in [9.17, 15) is 4.79 Å². The molecule has 2 aromatic rings. The number of nitrogens with one attached hydrogen (secondary N) is 1. The van der Waals surface area contributed by atoms with Gasteiger partial charge in [0.1, 0.15) is 17.3 Å². The maximum absolute atomic E-state index is 12.3. The minimum atomic E-state index is -0.273. The molecule has 2 fully saturated rings. The van der Waals surface area contributed by atoms with E-state index in [1.165, 1.54) is 24.6 Å². The van der Waals surface area contributed by atoms with Gasteiger partial charge in [0.25, 0.3) is 5.91 Å². The van der Waals surface area contributed by atoms with Gasteiger partial charge in [-0.3, -0.25) is 9.78 Å². The Hall–Kier alpha value is -2.50. The van der Waals surface area contributed by atoms with Gasteiger partial charge >= 0.3 is 0 Å². The molecule has 118 valence electrons. The van der Waals surface area contributed by atoms with Crippen LogP contribution in [0, 0.1) is 0 Å². The Morgan fingerprint density at radius 2 is 1.96 bits per heavy atom. The SMILES string of the molecule is O=C(Nc1ccc(C2CC2)cn1)c1cncc(N2CCCC2)n1. The van der Waals surface area contributed by atoms with E-state index in [0.29, 0.717) is 17.4 Å². The molecule has 6 nitrogen and oxygen atoms in total. The third-order valence-corrected chi connectivity index (χ3v) is 4.36. The third-order valence-electron chi connectivity index (χ3n) is 4.36. The van der Waals surface area contributed by atoms with Crippen molar-refractivity contribution in [3.63, 3.8) is 0 Å². The molecule has 0 atom stereocenters. The lowest BCUT2D eigenvalue weighted by molar-refractivity contribution is 0.102. The van der Waals surface area contributed by atoms with Gasteiger partial charge in [0, 0.05) is 19.3 Å². The van der Waals surface area contributed by atoms with Gasteiger partial charge in [0.2, 0.25) is 0 Å². The summed E-state index contributed by atoms with van der Waals surface area (Å²) in [5.41, 5.74) is 1.57. The molecular formula is C17H19N5O. The second-order valence-electron chi connectivity index (χ2n) is 6.16. The average Bonchev–Trinajstić information content (AvgIpc) is 3.29. The summed E-state index contributed by atoms with van der Waals surface area (Å²) >= 11 is 0. The number of aromatic nitrogens is 3. The lowest BCUT2D eigenvalue weighted by Crippen LogP contribution is -2.22. The van der Waals surface area contributed by atoms with E-state index >= 15 is 0 Å². The first-order valence-electron chi connectivity index (χ1n) is 8.14. The first-order chi connectivity index (χ1) is 11.3. The van der Waals surface area contributed by atoms with E-state index in [2.05, 4.69) is 25.2 Å². The summed E-state index contributed by atoms with van der Waals surface area (Å²) < 4.78 is 0. The number of anilines is 2. The lowest BCUT2D eigenvalue weighted by Gasteiger charge is -2.16. The van der Waals surface area contributed by atoms with Crippen LogP contribution in [0.2, 0.25) is 0 Å². The van der Waals surface area contributed by atoms with Crippen LogP contribution >= 0.6 is 0 Å². The smallest absolute Gasteiger partial charge is 0.277 e. The Labute approximate surface area is 135 Å². The highest BCUT2D eigenvalue weighted by molar-refractivity contribution is 6.02. The third kappa shape index (κ3) is 3.16. The second-order valence-corrected chi connectivity index (χ2v) is 6.16. The number of hydrogen-bond acceptors (Lipinski definition) is 5. The van der Waals surface area contributed by atoms with Crippen LogP contribution in [0.15, 0.2) is 30.7 Å². The van der Waals surface area contributed by atoms with Crippen molar-refractivity contribution in [3.05, 3.63) is 42.0 Å². The summed E-state index contributed by atoms with van der Waals surface area (Å²) in [7, 11) is 0. The molecule has 0 spiro atoms. The molecule has 6 heteroatoms. The lowest BCUT2D eigenvalue weighted by atomic mass is 10.2. The van der Waals surface area contributed by atoms with Crippen LogP contribution in [0.5, 0.6) is 0 Å². The van der Waals surface area contributed by atoms with Gasteiger partial charge in [0.05, 0.1) is 12.4 Å². The van der Waals surface area contributed by atoms with Gasteiger partial charge in [-0.15, -0.1) is 0 Å². The van der Waals surface area contributed by atoms with Crippen molar-refractivity contribution < 1.29 is 4.79 Å². The van der Waals surface area contributed by atoms with E-state index in [1.807, 2.05) is 18.3 Å². The van der Waals surface area contributed by atoms with Crippen LogP contribution in [0.3, 0.4) is 0 Å². The minimum absolute atomic E-state index is 0.273. The van der Waals surface area contributed by atoms with Crippen molar-refractivity contribution in [2.24, 2.45) is 0 Å². The first-order valence-corrected chi connectivity index (χ1v) is 8.14. The number of amides is 1.